The van der Waals surface area contributed by atoms with Gasteiger partial charge in [0, 0.05) is 5.92 Å². The van der Waals surface area contributed by atoms with E-state index in [4.69, 9.17) is 14.7 Å². The van der Waals surface area contributed by atoms with Gasteiger partial charge in [0.15, 0.2) is 11.6 Å². The lowest BCUT2D eigenvalue weighted by atomic mass is 9.73. The topological polar surface area (TPSA) is 69.2 Å². The summed E-state index contributed by atoms with van der Waals surface area (Å²) < 4.78 is 6.31. The molecule has 0 N–H and O–H groups in total. The number of aromatic nitrogens is 2. The van der Waals surface area contributed by atoms with Gasteiger partial charge in [-0.25, -0.2) is 9.97 Å². The van der Waals surface area contributed by atoms with Crippen LogP contribution in [0.5, 0.6) is 0 Å². The molecular weight excluding hydrogens is 412 g/mol. The van der Waals surface area contributed by atoms with Crippen molar-refractivity contribution in [2.45, 2.75) is 64.6 Å². The number of carbonyl (C=O) groups excluding carboxylic acids is 2. The molecule has 3 aromatic rings. The first-order chi connectivity index (χ1) is 15.9. The van der Waals surface area contributed by atoms with Crippen molar-refractivity contribution >= 4 is 22.6 Å². The Morgan fingerprint density at radius 3 is 2.24 bits per heavy atom. The molecule has 5 heteroatoms. The van der Waals surface area contributed by atoms with E-state index in [1.165, 1.54) is 0 Å². The molecule has 2 aromatic carbocycles. The Morgan fingerprint density at radius 2 is 1.58 bits per heavy atom. The number of Topliss-reactive ketones (excluding diaryl/α,β-unsaturated/α-hetero) is 2. The van der Waals surface area contributed by atoms with Gasteiger partial charge in [0.2, 0.25) is 0 Å². The second kappa shape index (κ2) is 7.29. The highest BCUT2D eigenvalue weighted by Crippen LogP contribution is 2.57. The number of aryl methyl sites for hydroxylation is 4. The predicted octanol–water partition coefficient (Wildman–Crippen LogP) is 4.54. The van der Waals surface area contributed by atoms with Crippen LogP contribution in [0.25, 0.3) is 11.0 Å². The first kappa shape index (κ1) is 20.7. The normalized spacial score (nSPS) is 30.4. The van der Waals surface area contributed by atoms with Gasteiger partial charge in [-0.2, -0.15) is 0 Å². The van der Waals surface area contributed by atoms with Crippen LogP contribution in [-0.4, -0.2) is 33.7 Å². The van der Waals surface area contributed by atoms with Gasteiger partial charge in [0.05, 0.1) is 46.5 Å². The van der Waals surface area contributed by atoms with Gasteiger partial charge in [-0.3, -0.25) is 9.59 Å². The van der Waals surface area contributed by atoms with Crippen molar-refractivity contribution in [3.05, 3.63) is 70.0 Å². The van der Waals surface area contributed by atoms with Crippen molar-refractivity contribution in [1.82, 2.24) is 9.97 Å². The van der Waals surface area contributed by atoms with Crippen molar-refractivity contribution in [2.75, 3.05) is 0 Å². The number of ketones is 2. The Hall–Kier alpha value is -2.92. The molecule has 2 saturated heterocycles. The molecule has 1 saturated carbocycles. The highest BCUT2D eigenvalue weighted by Gasteiger charge is 2.66. The van der Waals surface area contributed by atoms with Gasteiger partial charge in [-0.1, -0.05) is 36.8 Å². The van der Waals surface area contributed by atoms with Crippen LogP contribution >= 0.6 is 0 Å². The first-order valence-corrected chi connectivity index (χ1v) is 11.9. The number of hydrogen-bond acceptors (Lipinski definition) is 5. The van der Waals surface area contributed by atoms with E-state index in [0.29, 0.717) is 0 Å². The van der Waals surface area contributed by atoms with E-state index in [-0.39, 0.29) is 41.5 Å². The molecule has 2 aliphatic heterocycles. The molecule has 0 amide bonds. The Labute approximate surface area is 193 Å². The number of nitrogens with zero attached hydrogens (tertiary/aromatic N) is 2. The maximum atomic E-state index is 13.8. The molecular formula is C28H28N2O3. The summed E-state index contributed by atoms with van der Waals surface area (Å²) in [5.74, 6) is -1.30. The first-order valence-electron chi connectivity index (χ1n) is 11.9. The van der Waals surface area contributed by atoms with Crippen LogP contribution in [0, 0.1) is 32.6 Å². The monoisotopic (exact) mass is 440 g/mol. The summed E-state index contributed by atoms with van der Waals surface area (Å²) in [6.45, 7) is 8.15. The zero-order valence-corrected chi connectivity index (χ0v) is 19.5. The average molecular weight is 441 g/mol. The van der Waals surface area contributed by atoms with Gasteiger partial charge in [0.25, 0.3) is 0 Å². The summed E-state index contributed by atoms with van der Waals surface area (Å²) in [6, 6.07) is 12.0. The van der Waals surface area contributed by atoms with E-state index < -0.39 is 5.92 Å². The van der Waals surface area contributed by atoms with Crippen LogP contribution in [0.2, 0.25) is 0 Å². The van der Waals surface area contributed by atoms with Crippen LogP contribution in [-0.2, 0) is 20.7 Å². The van der Waals surface area contributed by atoms with E-state index in [1.54, 1.807) is 0 Å². The second-order valence-electron chi connectivity index (χ2n) is 9.98. The lowest BCUT2D eigenvalue weighted by Crippen LogP contribution is -2.34. The van der Waals surface area contributed by atoms with Gasteiger partial charge in [0.1, 0.15) is 5.92 Å². The molecule has 0 radical (unpaired) electrons. The predicted molar refractivity (Wildman–Crippen MR) is 125 cm³/mol. The minimum absolute atomic E-state index is 0.000909. The Bertz CT molecular complexity index is 1310. The molecule has 1 aromatic heterocycles. The Balaban J connectivity index is 1.40. The maximum absolute atomic E-state index is 13.8. The van der Waals surface area contributed by atoms with Crippen LogP contribution < -0.4 is 0 Å². The fraction of sp³-hybridized carbons (Fsp3) is 0.429. The summed E-state index contributed by atoms with van der Waals surface area (Å²) in [4.78, 5) is 37.2. The van der Waals surface area contributed by atoms with Crippen LogP contribution in [0.1, 0.15) is 58.8 Å². The fourth-order valence-electron chi connectivity index (χ4n) is 6.77. The molecule has 2 bridgehead atoms. The SMILES string of the molecule is CCc1nc2ccccc2nc1[C@@H]1C[C@@H]2O[C@H]1[C@H]1C(=O)C(c3c(C)cc(C)cc3C)C(=O)[C@H]12. The lowest BCUT2D eigenvalue weighted by Gasteiger charge is -2.27. The summed E-state index contributed by atoms with van der Waals surface area (Å²) in [5, 5.41) is 0. The molecule has 3 aliphatic rings. The number of para-hydroxylation sites is 2. The molecule has 1 unspecified atom stereocenters. The maximum Gasteiger partial charge on any atom is 0.154 e. The average Bonchev–Trinajstić information content (AvgIpc) is 3.45. The third-order valence-electron chi connectivity index (χ3n) is 7.97. The minimum Gasteiger partial charge on any atom is -0.373 e. The molecule has 0 spiro atoms. The fourth-order valence-corrected chi connectivity index (χ4v) is 6.77. The second-order valence-corrected chi connectivity index (χ2v) is 9.98. The van der Waals surface area contributed by atoms with Gasteiger partial charge in [-0.05, 0) is 62.4 Å². The quantitative estimate of drug-likeness (QED) is 0.559. The molecule has 168 valence electrons. The summed E-state index contributed by atoms with van der Waals surface area (Å²) in [6.07, 6.45) is 0.985. The number of carbonyl (C=O) groups is 2. The van der Waals surface area contributed by atoms with E-state index in [0.717, 1.165) is 57.5 Å². The standard InChI is InChI=1S/C28H28N2O3/c1-5-17-25(30-19-9-7-6-8-18(19)29-17)16-12-20-22-24(28(16)33-20)27(32)23(26(22)31)21-14(3)10-13(2)11-15(21)4/h6-11,16,20,22-24,28H,5,12H2,1-4H3/t16-,20-,22-,23?,24+,28+/m0/s1. The minimum atomic E-state index is -0.665. The molecule has 33 heavy (non-hydrogen) atoms. The number of benzene rings is 2. The number of hydrogen-bond donors (Lipinski definition) is 0. The molecule has 6 rings (SSSR count). The Morgan fingerprint density at radius 1 is 0.939 bits per heavy atom. The number of ether oxygens (including phenoxy) is 1. The largest absolute Gasteiger partial charge is 0.373 e. The summed E-state index contributed by atoms with van der Waals surface area (Å²) in [5.41, 5.74) is 7.76. The van der Waals surface area contributed by atoms with Gasteiger partial charge in [-0.15, -0.1) is 0 Å². The molecule has 6 atom stereocenters. The molecule has 3 heterocycles. The molecule has 5 nitrogen and oxygen atoms in total. The van der Waals surface area contributed by atoms with Gasteiger partial charge >= 0.3 is 0 Å². The summed E-state index contributed by atoms with van der Waals surface area (Å²) >= 11 is 0. The van der Waals surface area contributed by atoms with E-state index in [2.05, 4.69) is 19.1 Å². The van der Waals surface area contributed by atoms with E-state index in [1.807, 2.05) is 45.0 Å². The highest BCUT2D eigenvalue weighted by molar-refractivity contribution is 6.17. The van der Waals surface area contributed by atoms with E-state index in [9.17, 15) is 9.59 Å². The van der Waals surface area contributed by atoms with Crippen molar-refractivity contribution in [1.29, 1.82) is 0 Å². The number of rotatable bonds is 3. The van der Waals surface area contributed by atoms with E-state index >= 15 is 0 Å². The lowest BCUT2D eigenvalue weighted by molar-refractivity contribution is -0.127. The zero-order chi connectivity index (χ0) is 23.0. The Kier molecular flexibility index (Phi) is 4.57. The highest BCUT2D eigenvalue weighted by atomic mass is 16.5. The number of fused-ring (bicyclic) bond motifs is 6. The molecule has 3 fully saturated rings. The van der Waals surface area contributed by atoms with Crippen LogP contribution in [0.15, 0.2) is 36.4 Å². The van der Waals surface area contributed by atoms with Gasteiger partial charge < -0.3 is 4.74 Å². The van der Waals surface area contributed by atoms with Crippen molar-refractivity contribution in [3.8, 4) is 0 Å². The molecule has 1 aliphatic carbocycles. The summed E-state index contributed by atoms with van der Waals surface area (Å²) in [7, 11) is 0. The van der Waals surface area contributed by atoms with Crippen LogP contribution in [0.3, 0.4) is 0 Å². The van der Waals surface area contributed by atoms with Crippen LogP contribution in [0.4, 0.5) is 0 Å². The third-order valence-corrected chi connectivity index (χ3v) is 7.97. The zero-order valence-electron chi connectivity index (χ0n) is 19.5. The van der Waals surface area contributed by atoms with Crippen molar-refractivity contribution < 1.29 is 14.3 Å². The smallest absolute Gasteiger partial charge is 0.154 e. The van der Waals surface area contributed by atoms with Crippen molar-refractivity contribution in [3.63, 3.8) is 0 Å². The van der Waals surface area contributed by atoms with Crippen molar-refractivity contribution in [2.24, 2.45) is 11.8 Å². The third kappa shape index (κ3) is 2.88.